The van der Waals surface area contributed by atoms with E-state index in [0.29, 0.717) is 0 Å². The normalized spacial score (nSPS) is 12.9. The van der Waals surface area contributed by atoms with Gasteiger partial charge in [-0.2, -0.15) is 0 Å². The van der Waals surface area contributed by atoms with E-state index in [2.05, 4.69) is 26.8 Å². The van der Waals surface area contributed by atoms with Crippen molar-refractivity contribution in [2.24, 2.45) is 0 Å². The Balaban J connectivity index is 3.76. The van der Waals surface area contributed by atoms with Crippen LogP contribution in [0.5, 0.6) is 0 Å². The Hall–Kier alpha value is 0.539. The molecule has 0 aromatic heterocycles. The Morgan fingerprint density at radius 2 is 1.60 bits per heavy atom. The first-order valence-corrected chi connectivity index (χ1v) is 11.9. The van der Waals surface area contributed by atoms with Gasteiger partial charge in [0.05, 0.1) is 0 Å². The number of unbranched alkanes of at least 4 members (excludes halogenated alkanes) is 4. The summed E-state index contributed by atoms with van der Waals surface area (Å²) in [4.78, 5) is 0. The van der Waals surface area contributed by atoms with Gasteiger partial charge >= 0.3 is 107 Å². The van der Waals surface area contributed by atoms with Crippen LogP contribution in [0.2, 0.25) is 4.44 Å². The van der Waals surface area contributed by atoms with Gasteiger partial charge in [-0.15, -0.1) is 0 Å². The van der Waals surface area contributed by atoms with Crippen molar-refractivity contribution in [3.8, 4) is 0 Å². The zero-order chi connectivity index (χ0) is 11.4. The van der Waals surface area contributed by atoms with E-state index >= 15 is 0 Å². The molecule has 0 aromatic carbocycles. The van der Waals surface area contributed by atoms with E-state index in [4.69, 9.17) is 0 Å². The first kappa shape index (κ1) is 15.5. The van der Waals surface area contributed by atoms with Crippen LogP contribution < -0.4 is 0 Å². The summed E-state index contributed by atoms with van der Waals surface area (Å²) in [6.07, 6.45) is 13.9. The number of hydrogen-bond donors (Lipinski definition) is 0. The average Bonchev–Trinajstić information content (AvgIpc) is 2.25. The third kappa shape index (κ3) is 10.8. The topological polar surface area (TPSA) is 0 Å². The van der Waals surface area contributed by atoms with Crippen LogP contribution in [0.1, 0.15) is 72.1 Å². The van der Waals surface area contributed by atoms with E-state index in [1.165, 1.54) is 51.4 Å². The molecule has 0 bridgehead atoms. The Morgan fingerprint density at radius 3 is 2.20 bits per heavy atom. The minimum absolute atomic E-state index is 0.503. The van der Waals surface area contributed by atoms with Gasteiger partial charge < -0.3 is 0 Å². The van der Waals surface area contributed by atoms with E-state index in [1.54, 1.807) is 4.44 Å². The molecule has 0 nitrogen and oxygen atoms in total. The molecule has 0 aromatic rings. The molecule has 0 fully saturated rings. The molecule has 0 saturated carbocycles. The molecule has 0 saturated heterocycles. The van der Waals surface area contributed by atoms with Crippen molar-refractivity contribution in [1.82, 2.24) is 0 Å². The quantitative estimate of drug-likeness (QED) is 0.407. The number of allylic oxidation sites excluding steroid dienone is 2. The van der Waals surface area contributed by atoms with Crippen molar-refractivity contribution in [1.29, 1.82) is 0 Å². The molecular weight excluding hydrogens is 287 g/mol. The van der Waals surface area contributed by atoms with Gasteiger partial charge in [-0.1, -0.05) is 0 Å². The van der Waals surface area contributed by atoms with E-state index in [0.717, 1.165) is 0 Å². The van der Waals surface area contributed by atoms with E-state index < -0.39 is 21.1 Å². The molecule has 0 rings (SSSR count). The molecule has 0 N–H and O–H groups in total. The maximum absolute atomic E-state index is 2.62. The van der Waals surface area contributed by atoms with Gasteiger partial charge in [-0.3, -0.25) is 0 Å². The molecule has 0 aliphatic heterocycles. The van der Waals surface area contributed by atoms with Crippen LogP contribution in [0.25, 0.3) is 0 Å². The summed E-state index contributed by atoms with van der Waals surface area (Å²) in [7, 11) is 0. The van der Waals surface area contributed by atoms with Crippen LogP contribution in [0.3, 0.4) is 0 Å². The SMILES string of the molecule is CCCC/C=[C](/CCCC)[SnH2][CH2]CCC. The fraction of sp³-hybridized carbons (Fsp3) is 0.857. The third-order valence-electron chi connectivity index (χ3n) is 2.94. The standard InChI is InChI=1S/C10H19.C4H9.Sn.2H/c1-3-5-7-9-10-8-6-4-2;1-3-4-2;;;/h9H,3-8H2,1-2H3;1,3-4H2,2H3;;;. The van der Waals surface area contributed by atoms with Gasteiger partial charge in [0.2, 0.25) is 0 Å². The second-order valence-corrected chi connectivity index (χ2v) is 10.6. The molecule has 90 valence electrons. The second kappa shape index (κ2) is 12.6. The van der Waals surface area contributed by atoms with Crippen LogP contribution in [0, 0.1) is 0 Å². The molecule has 0 amide bonds. The van der Waals surface area contributed by atoms with Crippen LogP contribution in [-0.2, 0) is 0 Å². The van der Waals surface area contributed by atoms with Crippen molar-refractivity contribution >= 4 is 21.1 Å². The zero-order valence-electron chi connectivity index (χ0n) is 11.1. The predicted octanol–water partition coefficient (Wildman–Crippen LogP) is 4.64. The minimum atomic E-state index is -0.503. The second-order valence-electron chi connectivity index (χ2n) is 4.57. The van der Waals surface area contributed by atoms with Crippen LogP contribution in [0.15, 0.2) is 9.67 Å². The Morgan fingerprint density at radius 1 is 0.933 bits per heavy atom. The van der Waals surface area contributed by atoms with Crippen LogP contribution in [-0.4, -0.2) is 21.1 Å². The Bertz CT molecular complexity index is 149. The fourth-order valence-electron chi connectivity index (χ4n) is 1.85. The first-order valence-electron chi connectivity index (χ1n) is 7.03. The summed E-state index contributed by atoms with van der Waals surface area (Å²) in [5.74, 6) is 0. The summed E-state index contributed by atoms with van der Waals surface area (Å²) in [5, 5.41) is 0. The van der Waals surface area contributed by atoms with Gasteiger partial charge in [-0.05, 0) is 0 Å². The van der Waals surface area contributed by atoms with Crippen molar-refractivity contribution in [3.05, 3.63) is 9.67 Å². The zero-order valence-corrected chi connectivity index (χ0v) is 15.2. The Kier molecular flexibility index (Phi) is 13.1. The number of hydrogen-bond acceptors (Lipinski definition) is 0. The molecule has 0 unspecified atom stereocenters. The molecule has 0 radical (unpaired) electrons. The molecule has 0 spiro atoms. The van der Waals surface area contributed by atoms with Gasteiger partial charge in [0.1, 0.15) is 0 Å². The van der Waals surface area contributed by atoms with Crippen molar-refractivity contribution in [2.75, 3.05) is 0 Å². The van der Waals surface area contributed by atoms with Crippen molar-refractivity contribution in [2.45, 2.75) is 76.6 Å². The van der Waals surface area contributed by atoms with Gasteiger partial charge in [0.25, 0.3) is 0 Å². The summed E-state index contributed by atoms with van der Waals surface area (Å²) < 4.78 is 3.56. The summed E-state index contributed by atoms with van der Waals surface area (Å²) in [5.41, 5.74) is 0. The van der Waals surface area contributed by atoms with Crippen LogP contribution >= 0.6 is 0 Å². The molecule has 1 heteroatoms. The maximum atomic E-state index is 2.62. The summed E-state index contributed by atoms with van der Waals surface area (Å²) >= 11 is -0.503. The van der Waals surface area contributed by atoms with E-state index in [1.807, 2.05) is 3.59 Å². The van der Waals surface area contributed by atoms with Crippen LogP contribution in [0.4, 0.5) is 0 Å². The number of rotatable bonds is 10. The molecular formula is C14H30Sn. The average molecular weight is 317 g/mol. The Labute approximate surface area is 107 Å². The first-order chi connectivity index (χ1) is 7.35. The third-order valence-corrected chi connectivity index (χ3v) is 9.05. The van der Waals surface area contributed by atoms with Gasteiger partial charge in [-0.25, -0.2) is 0 Å². The summed E-state index contributed by atoms with van der Waals surface area (Å²) in [6.45, 7) is 6.92. The predicted molar refractivity (Wildman–Crippen MR) is 75.4 cm³/mol. The van der Waals surface area contributed by atoms with Gasteiger partial charge in [0.15, 0.2) is 0 Å². The monoisotopic (exact) mass is 318 g/mol. The fourth-order valence-corrected chi connectivity index (χ4v) is 7.87. The molecule has 0 aliphatic rings. The van der Waals surface area contributed by atoms with E-state index in [-0.39, 0.29) is 0 Å². The van der Waals surface area contributed by atoms with Crippen molar-refractivity contribution in [3.63, 3.8) is 0 Å². The molecule has 0 heterocycles. The van der Waals surface area contributed by atoms with Crippen molar-refractivity contribution < 1.29 is 0 Å². The molecule has 15 heavy (non-hydrogen) atoms. The molecule has 0 aliphatic carbocycles. The van der Waals surface area contributed by atoms with Gasteiger partial charge in [0, 0.05) is 0 Å². The molecule has 0 atom stereocenters. The summed E-state index contributed by atoms with van der Waals surface area (Å²) in [6, 6.07) is 0. The van der Waals surface area contributed by atoms with E-state index in [9.17, 15) is 0 Å².